The van der Waals surface area contributed by atoms with Crippen molar-refractivity contribution in [2.75, 3.05) is 5.43 Å². The van der Waals surface area contributed by atoms with Crippen LogP contribution in [0.5, 0.6) is 0 Å². The zero-order valence-corrected chi connectivity index (χ0v) is 10.2. The molecule has 1 aromatic carbocycles. The van der Waals surface area contributed by atoms with Gasteiger partial charge >= 0.3 is 0 Å². The SMILES string of the molecule is O=c1cnnc(NN=Cc2ccc(Br)cc2)[nH]1. The molecule has 0 radical (unpaired) electrons. The smallest absolute Gasteiger partial charge is 0.271 e. The van der Waals surface area contributed by atoms with E-state index in [0.717, 1.165) is 16.2 Å². The Morgan fingerprint density at radius 2 is 2.12 bits per heavy atom. The highest BCUT2D eigenvalue weighted by Crippen LogP contribution is 2.08. The van der Waals surface area contributed by atoms with Gasteiger partial charge in [-0.25, -0.2) is 5.43 Å². The van der Waals surface area contributed by atoms with E-state index < -0.39 is 0 Å². The minimum absolute atomic E-state index is 0.200. The lowest BCUT2D eigenvalue weighted by Crippen LogP contribution is -2.10. The van der Waals surface area contributed by atoms with E-state index in [1.54, 1.807) is 6.21 Å². The molecule has 0 aliphatic carbocycles. The summed E-state index contributed by atoms with van der Waals surface area (Å²) in [5.74, 6) is 0.200. The molecule has 0 spiro atoms. The molecule has 2 rings (SSSR count). The van der Waals surface area contributed by atoms with Gasteiger partial charge in [0.25, 0.3) is 5.56 Å². The number of nitrogens with one attached hydrogen (secondary N) is 2. The largest absolute Gasteiger partial charge is 0.289 e. The molecule has 6 nitrogen and oxygen atoms in total. The van der Waals surface area contributed by atoms with Crippen molar-refractivity contribution in [1.29, 1.82) is 0 Å². The molecule has 2 N–H and O–H groups in total. The standard InChI is InChI=1S/C10H8BrN5O/c11-8-3-1-7(2-4-8)5-12-15-10-14-9(17)6-13-16-10/h1-6H,(H2,14,15,16,17). The van der Waals surface area contributed by atoms with E-state index >= 15 is 0 Å². The molecule has 0 aliphatic heterocycles. The molecule has 0 saturated carbocycles. The number of halogens is 1. The lowest BCUT2D eigenvalue weighted by Gasteiger charge is -1.96. The number of benzene rings is 1. The van der Waals surface area contributed by atoms with E-state index in [1.165, 1.54) is 0 Å². The zero-order valence-electron chi connectivity index (χ0n) is 8.59. The lowest BCUT2D eigenvalue weighted by atomic mass is 10.2. The first-order valence-electron chi connectivity index (χ1n) is 4.71. The van der Waals surface area contributed by atoms with Gasteiger partial charge in [0.1, 0.15) is 6.20 Å². The van der Waals surface area contributed by atoms with E-state index in [9.17, 15) is 4.79 Å². The number of H-pyrrole nitrogens is 1. The van der Waals surface area contributed by atoms with Crippen LogP contribution in [0.4, 0.5) is 5.95 Å². The van der Waals surface area contributed by atoms with Gasteiger partial charge in [0.2, 0.25) is 5.95 Å². The van der Waals surface area contributed by atoms with E-state index in [0.29, 0.717) is 0 Å². The van der Waals surface area contributed by atoms with Crippen LogP contribution in [-0.4, -0.2) is 21.4 Å². The summed E-state index contributed by atoms with van der Waals surface area (Å²) in [6.45, 7) is 0. The van der Waals surface area contributed by atoms with Crippen molar-refractivity contribution in [2.45, 2.75) is 0 Å². The summed E-state index contributed by atoms with van der Waals surface area (Å²) in [5.41, 5.74) is 3.17. The van der Waals surface area contributed by atoms with Crippen LogP contribution in [0.15, 0.2) is 44.8 Å². The van der Waals surface area contributed by atoms with Crippen molar-refractivity contribution in [3.8, 4) is 0 Å². The van der Waals surface area contributed by atoms with Crippen LogP contribution in [-0.2, 0) is 0 Å². The minimum Gasteiger partial charge on any atom is -0.289 e. The number of aromatic amines is 1. The van der Waals surface area contributed by atoms with Crippen LogP contribution in [0.25, 0.3) is 0 Å². The molecule has 17 heavy (non-hydrogen) atoms. The Bertz CT molecular complexity index is 578. The second-order valence-electron chi connectivity index (χ2n) is 3.10. The first kappa shape index (κ1) is 11.5. The molecule has 86 valence electrons. The Hall–Kier alpha value is -2.02. The highest BCUT2D eigenvalue weighted by molar-refractivity contribution is 9.10. The van der Waals surface area contributed by atoms with Crippen LogP contribution >= 0.6 is 15.9 Å². The van der Waals surface area contributed by atoms with E-state index in [1.807, 2.05) is 24.3 Å². The number of anilines is 1. The van der Waals surface area contributed by atoms with Gasteiger partial charge in [-0.3, -0.25) is 9.78 Å². The van der Waals surface area contributed by atoms with Gasteiger partial charge in [-0.05, 0) is 17.7 Å². The summed E-state index contributed by atoms with van der Waals surface area (Å²) in [5, 5.41) is 11.1. The van der Waals surface area contributed by atoms with E-state index in [4.69, 9.17) is 0 Å². The van der Waals surface area contributed by atoms with Crippen molar-refractivity contribution in [3.05, 3.63) is 50.9 Å². The molecular formula is C10H8BrN5O. The monoisotopic (exact) mass is 293 g/mol. The van der Waals surface area contributed by atoms with Crippen LogP contribution in [0.2, 0.25) is 0 Å². The van der Waals surface area contributed by atoms with Crippen LogP contribution in [0, 0.1) is 0 Å². The van der Waals surface area contributed by atoms with Gasteiger partial charge < -0.3 is 0 Å². The Morgan fingerprint density at radius 1 is 1.35 bits per heavy atom. The van der Waals surface area contributed by atoms with Crippen LogP contribution in [0.1, 0.15) is 5.56 Å². The number of hydrogen-bond donors (Lipinski definition) is 2. The van der Waals surface area contributed by atoms with Crippen molar-refractivity contribution < 1.29 is 0 Å². The fourth-order valence-corrected chi connectivity index (χ4v) is 1.34. The fourth-order valence-electron chi connectivity index (χ4n) is 1.08. The Labute approximate surface area is 105 Å². The van der Waals surface area contributed by atoms with Crippen LogP contribution in [0.3, 0.4) is 0 Å². The summed E-state index contributed by atoms with van der Waals surface area (Å²) in [6, 6.07) is 7.61. The first-order chi connectivity index (χ1) is 8.24. The Morgan fingerprint density at radius 3 is 2.82 bits per heavy atom. The third kappa shape index (κ3) is 3.49. The zero-order chi connectivity index (χ0) is 12.1. The average Bonchev–Trinajstić information content (AvgIpc) is 2.32. The molecule has 1 aromatic heterocycles. The van der Waals surface area contributed by atoms with Gasteiger partial charge in [-0.15, -0.1) is 10.2 Å². The summed E-state index contributed by atoms with van der Waals surface area (Å²) in [4.78, 5) is 13.3. The second-order valence-corrected chi connectivity index (χ2v) is 4.02. The third-order valence-corrected chi connectivity index (χ3v) is 2.36. The summed E-state index contributed by atoms with van der Waals surface area (Å²) in [6.07, 6.45) is 2.70. The highest BCUT2D eigenvalue weighted by atomic mass is 79.9. The molecule has 0 amide bonds. The molecule has 0 fully saturated rings. The predicted octanol–water partition coefficient (Wildman–Crippen LogP) is 1.37. The molecule has 2 aromatic rings. The Kier molecular flexibility index (Phi) is 3.61. The molecule has 0 unspecified atom stereocenters. The van der Waals surface area contributed by atoms with Gasteiger partial charge in [0.05, 0.1) is 6.21 Å². The number of hydrogen-bond acceptors (Lipinski definition) is 5. The van der Waals surface area contributed by atoms with E-state index in [2.05, 4.69) is 41.6 Å². The van der Waals surface area contributed by atoms with Gasteiger partial charge in [-0.2, -0.15) is 5.10 Å². The van der Waals surface area contributed by atoms with Crippen LogP contribution < -0.4 is 11.0 Å². The molecule has 7 heteroatoms. The summed E-state index contributed by atoms with van der Waals surface area (Å²) >= 11 is 3.34. The number of rotatable bonds is 3. The molecule has 0 saturated heterocycles. The van der Waals surface area contributed by atoms with E-state index in [-0.39, 0.29) is 11.5 Å². The topological polar surface area (TPSA) is 83.0 Å². The van der Waals surface area contributed by atoms with Gasteiger partial charge in [0, 0.05) is 4.47 Å². The molecule has 0 atom stereocenters. The van der Waals surface area contributed by atoms with Gasteiger partial charge in [-0.1, -0.05) is 28.1 Å². The maximum absolute atomic E-state index is 10.9. The quantitative estimate of drug-likeness (QED) is 0.661. The minimum atomic E-state index is -0.332. The van der Waals surface area contributed by atoms with Gasteiger partial charge in [0.15, 0.2) is 0 Å². The summed E-state index contributed by atoms with van der Waals surface area (Å²) in [7, 11) is 0. The lowest BCUT2D eigenvalue weighted by molar-refractivity contribution is 0.939. The predicted molar refractivity (Wildman–Crippen MR) is 68.0 cm³/mol. The van der Waals surface area contributed by atoms with Crippen molar-refractivity contribution in [2.24, 2.45) is 5.10 Å². The normalized spacial score (nSPS) is 10.6. The first-order valence-corrected chi connectivity index (χ1v) is 5.50. The fraction of sp³-hybridized carbons (Fsp3) is 0. The number of aromatic nitrogens is 3. The third-order valence-electron chi connectivity index (χ3n) is 1.83. The van der Waals surface area contributed by atoms with Crippen molar-refractivity contribution in [1.82, 2.24) is 15.2 Å². The summed E-state index contributed by atoms with van der Waals surface area (Å²) < 4.78 is 1.00. The maximum Gasteiger partial charge on any atom is 0.271 e. The van der Waals surface area contributed by atoms with Crippen molar-refractivity contribution >= 4 is 28.1 Å². The number of nitrogens with zero attached hydrogens (tertiary/aromatic N) is 3. The second kappa shape index (κ2) is 5.35. The molecular weight excluding hydrogens is 286 g/mol. The van der Waals surface area contributed by atoms with Crippen molar-refractivity contribution in [3.63, 3.8) is 0 Å². The maximum atomic E-state index is 10.9. The Balaban J connectivity index is 2.02. The highest BCUT2D eigenvalue weighted by Gasteiger charge is 1.92. The molecule has 0 aliphatic rings. The average molecular weight is 294 g/mol. The molecule has 1 heterocycles. The molecule has 0 bridgehead atoms. The number of hydrazone groups is 1.